The fraction of sp³-hybridized carbons (Fsp3) is 0.404. The van der Waals surface area contributed by atoms with Gasteiger partial charge in [0, 0.05) is 111 Å². The highest BCUT2D eigenvalue weighted by Gasteiger charge is 2.43. The summed E-state index contributed by atoms with van der Waals surface area (Å²) in [7, 11) is 0. The summed E-state index contributed by atoms with van der Waals surface area (Å²) in [6, 6.07) is 29.4. The first-order valence-corrected chi connectivity index (χ1v) is 26.2. The Morgan fingerprint density at radius 1 is 0.568 bits per heavy atom. The van der Waals surface area contributed by atoms with Crippen LogP contribution in [-0.4, -0.2) is 140 Å². The molecule has 1 aliphatic carbocycles. The van der Waals surface area contributed by atoms with Crippen molar-refractivity contribution in [2.45, 2.75) is 81.3 Å². The van der Waals surface area contributed by atoms with E-state index in [-0.39, 0.29) is 11.9 Å². The van der Waals surface area contributed by atoms with Crippen molar-refractivity contribution in [2.75, 3.05) is 90.0 Å². The van der Waals surface area contributed by atoms with Crippen LogP contribution in [0.25, 0.3) is 22.5 Å². The maximum Gasteiger partial charge on any atom is 0.174 e. The van der Waals surface area contributed by atoms with Gasteiger partial charge in [0.25, 0.3) is 0 Å². The number of piperidine rings is 1. The van der Waals surface area contributed by atoms with Crippen molar-refractivity contribution in [2.24, 2.45) is 5.92 Å². The number of piperazine rings is 2. The molecule has 6 saturated heterocycles. The molecule has 6 atom stereocenters. The Labute approximate surface area is 431 Å². The zero-order valence-electron chi connectivity index (χ0n) is 41.4. The molecule has 17 nitrogen and oxygen atoms in total. The number of phenolic OH excluding ortho intramolecular Hbond substituents is 1. The lowest BCUT2D eigenvalue weighted by atomic mass is 10.1. The van der Waals surface area contributed by atoms with Gasteiger partial charge < -0.3 is 41.1 Å². The Kier molecular flexibility index (Phi) is 12.2. The first-order chi connectivity index (χ1) is 36.3. The molecule has 6 unspecified atom stereocenters. The zero-order valence-corrected chi connectivity index (χ0v) is 41.4. The molecule has 0 spiro atoms. The predicted octanol–water partition coefficient (Wildman–Crippen LogP) is 5.86. The summed E-state index contributed by atoms with van der Waals surface area (Å²) in [4.78, 5) is 35.8. The van der Waals surface area contributed by atoms with Gasteiger partial charge in [0.1, 0.15) is 23.2 Å². The lowest BCUT2D eigenvalue weighted by Crippen LogP contribution is -2.54. The third-order valence-corrected chi connectivity index (χ3v) is 16.4. The van der Waals surface area contributed by atoms with Crippen LogP contribution in [0.5, 0.6) is 11.5 Å². The zero-order chi connectivity index (χ0) is 49.7. The predicted molar refractivity (Wildman–Crippen MR) is 285 cm³/mol. The molecule has 6 aromatic rings. The van der Waals surface area contributed by atoms with Crippen LogP contribution >= 0.6 is 0 Å². The molecule has 17 heteroatoms. The summed E-state index contributed by atoms with van der Waals surface area (Å²) in [5.41, 5.74) is 21.3. The lowest BCUT2D eigenvalue weighted by Gasteiger charge is -2.43. The van der Waals surface area contributed by atoms with Gasteiger partial charge in [-0.2, -0.15) is 4.89 Å². The number of para-hydroxylation sites is 2. The van der Waals surface area contributed by atoms with E-state index in [1.165, 1.54) is 31.5 Å². The molecule has 6 aliphatic heterocycles. The Balaban J connectivity index is 0.600. The molecule has 10 heterocycles. The summed E-state index contributed by atoms with van der Waals surface area (Å²) in [6.07, 6.45) is 12.1. The van der Waals surface area contributed by atoms with E-state index in [9.17, 15) is 5.11 Å². The Morgan fingerprint density at radius 3 is 1.68 bits per heavy atom. The van der Waals surface area contributed by atoms with Crippen molar-refractivity contribution in [3.05, 3.63) is 109 Å². The number of aromatic nitrogens is 6. The number of pyridine rings is 2. The molecule has 13 rings (SSSR count). The third-order valence-electron chi connectivity index (χ3n) is 16.4. The highest BCUT2D eigenvalue weighted by Crippen LogP contribution is 2.42. The number of hydrogen-bond donors (Lipinski definition) is 3. The van der Waals surface area contributed by atoms with Crippen molar-refractivity contribution in [3.63, 3.8) is 0 Å². The van der Waals surface area contributed by atoms with Crippen molar-refractivity contribution in [1.29, 1.82) is 0 Å². The highest BCUT2D eigenvalue weighted by atomic mass is 17.2. The second kappa shape index (κ2) is 19.6. The van der Waals surface area contributed by atoms with Crippen molar-refractivity contribution in [3.8, 4) is 57.7 Å². The second-order valence-corrected chi connectivity index (χ2v) is 21.1. The first-order valence-electron chi connectivity index (χ1n) is 26.2. The summed E-state index contributed by atoms with van der Waals surface area (Å²) in [5.74, 6) is 15.9. The fourth-order valence-corrected chi connectivity index (χ4v) is 12.9. The van der Waals surface area contributed by atoms with E-state index >= 15 is 0 Å². The summed E-state index contributed by atoms with van der Waals surface area (Å²) in [6.45, 7) is 7.25. The van der Waals surface area contributed by atoms with Gasteiger partial charge in [-0.05, 0) is 123 Å². The van der Waals surface area contributed by atoms with E-state index in [0.717, 1.165) is 104 Å². The molecule has 0 radical (unpaired) electrons. The number of hydrogen-bond acceptors (Lipinski definition) is 17. The molecule has 74 heavy (non-hydrogen) atoms. The Morgan fingerprint density at radius 2 is 1.11 bits per heavy atom. The SMILES string of the molecule is Nc1nnc(-c2ccccc2O)cc1N1CC2CCC(C1)N2c1ccnc(C#CCN2CC(OOc3ccccc3-c3cc(N4CC5CCC(C4)N5c4ccnc(C#CCN5CC6CCC5C6)c4)c(N)nn3)C2)c1. The second-order valence-electron chi connectivity index (χ2n) is 21.1. The molecule has 6 bridgehead atoms. The van der Waals surface area contributed by atoms with E-state index < -0.39 is 0 Å². The van der Waals surface area contributed by atoms with Crippen molar-refractivity contribution < 1.29 is 14.9 Å². The molecular formula is C57H60N14O3. The largest absolute Gasteiger partial charge is 0.507 e. The number of anilines is 6. The number of benzene rings is 2. The van der Waals surface area contributed by atoms with Gasteiger partial charge in [-0.3, -0.25) is 9.80 Å². The van der Waals surface area contributed by atoms with Crippen LogP contribution in [0.3, 0.4) is 0 Å². The topological polar surface area (TPSA) is 188 Å². The fourth-order valence-electron chi connectivity index (χ4n) is 12.9. The summed E-state index contributed by atoms with van der Waals surface area (Å²) in [5, 5.41) is 28.0. The minimum atomic E-state index is -0.107. The highest BCUT2D eigenvalue weighted by molar-refractivity contribution is 5.76. The molecular weight excluding hydrogens is 929 g/mol. The van der Waals surface area contributed by atoms with Gasteiger partial charge in [0.15, 0.2) is 17.4 Å². The van der Waals surface area contributed by atoms with Crippen LogP contribution in [0.1, 0.15) is 56.3 Å². The van der Waals surface area contributed by atoms with Crippen LogP contribution in [0, 0.1) is 29.6 Å². The number of aromatic hydroxyl groups is 1. The van der Waals surface area contributed by atoms with Gasteiger partial charge in [-0.15, -0.1) is 20.4 Å². The Bertz CT molecular complexity index is 3170. The molecule has 2 aromatic carbocycles. The third kappa shape index (κ3) is 9.10. The maximum atomic E-state index is 10.5. The van der Waals surface area contributed by atoms with E-state index in [2.05, 4.69) is 108 Å². The molecule has 0 amide bonds. The summed E-state index contributed by atoms with van der Waals surface area (Å²) >= 11 is 0. The normalized spacial score (nSPS) is 24.1. The lowest BCUT2D eigenvalue weighted by molar-refractivity contribution is -0.271. The van der Waals surface area contributed by atoms with Crippen LogP contribution in [0.4, 0.5) is 34.4 Å². The number of phenols is 1. The number of nitrogens with two attached hydrogens (primary N) is 2. The van der Waals surface area contributed by atoms with Gasteiger partial charge in [-0.25, -0.2) is 9.97 Å². The van der Waals surface area contributed by atoms with Gasteiger partial charge in [-0.1, -0.05) is 36.1 Å². The average Bonchev–Trinajstić information content (AvgIpc) is 4.17. The number of nitrogens with zero attached hydrogens (tertiary/aromatic N) is 12. The smallest absolute Gasteiger partial charge is 0.174 e. The minimum Gasteiger partial charge on any atom is -0.507 e. The summed E-state index contributed by atoms with van der Waals surface area (Å²) < 4.78 is 0. The van der Waals surface area contributed by atoms with E-state index in [1.807, 2.05) is 60.9 Å². The standard InChI is InChI=1S/C57H60N14O3/c58-56-52(28-50(62-64-56)48-9-1-3-11-54(48)72)68-31-43-15-16-44(32-68)70(43)41-19-21-60-38(26-41)7-5-23-66-35-47(36-66)73-74-55-12-4-2-10-49(55)51-29-53(57(59)65-63-51)69-33-45-17-18-46(34-69)71(45)42-20-22-61-39(27-42)8-6-24-67-30-37-13-14-40(67)25-37/h1-4,9-12,19-22,26-29,37,40,43-47,72H,13-18,23-25,30-36H2,(H2,58,64)(H2,59,65). The number of rotatable bonds is 11. The number of fused-ring (bicyclic) bond motifs is 6. The monoisotopic (exact) mass is 988 g/mol. The number of nitrogen functional groups attached to an aromatic ring is 2. The molecule has 7 aliphatic rings. The Hall–Kier alpha value is -7.70. The van der Waals surface area contributed by atoms with E-state index in [4.69, 9.17) is 21.2 Å². The average molecular weight is 989 g/mol. The first kappa shape index (κ1) is 46.1. The van der Waals surface area contributed by atoms with Crippen LogP contribution in [0.2, 0.25) is 0 Å². The molecule has 4 aromatic heterocycles. The van der Waals surface area contributed by atoms with Crippen molar-refractivity contribution in [1.82, 2.24) is 40.2 Å². The molecule has 7 fully saturated rings. The van der Waals surface area contributed by atoms with E-state index in [0.29, 0.717) is 78.1 Å². The number of likely N-dealkylation sites (tertiary alicyclic amines) is 2. The van der Waals surface area contributed by atoms with Gasteiger partial charge in [0.2, 0.25) is 0 Å². The quantitative estimate of drug-likeness (QED) is 0.0796. The van der Waals surface area contributed by atoms with E-state index in [1.54, 1.807) is 12.1 Å². The van der Waals surface area contributed by atoms with Crippen LogP contribution < -0.4 is 36.0 Å². The molecule has 5 N–H and O–H groups in total. The molecule has 1 saturated carbocycles. The van der Waals surface area contributed by atoms with Crippen LogP contribution in [0.15, 0.2) is 97.3 Å². The maximum absolute atomic E-state index is 10.5. The minimum absolute atomic E-state index is 0.107. The van der Waals surface area contributed by atoms with Gasteiger partial charge >= 0.3 is 0 Å². The van der Waals surface area contributed by atoms with Gasteiger partial charge in [0.05, 0.1) is 35.9 Å². The molecule has 376 valence electrons. The van der Waals surface area contributed by atoms with Crippen molar-refractivity contribution >= 4 is 34.4 Å². The van der Waals surface area contributed by atoms with Crippen LogP contribution in [-0.2, 0) is 4.89 Å².